The Morgan fingerprint density at radius 1 is 1.38 bits per heavy atom. The van der Waals surface area contributed by atoms with Crippen LogP contribution in [0.5, 0.6) is 0 Å². The topological polar surface area (TPSA) is 42.0 Å². The number of ketones is 1. The van der Waals surface area contributed by atoms with Crippen LogP contribution in [0.25, 0.3) is 10.8 Å². The molecular formula is C18H22N2O. The van der Waals surface area contributed by atoms with Crippen molar-refractivity contribution in [3.8, 4) is 0 Å². The van der Waals surface area contributed by atoms with Crippen molar-refractivity contribution in [3.05, 3.63) is 42.2 Å². The van der Waals surface area contributed by atoms with Crippen LogP contribution < -0.4 is 5.32 Å². The molecule has 110 valence electrons. The fourth-order valence-corrected chi connectivity index (χ4v) is 3.57. The fraction of sp³-hybridized carbons (Fsp3) is 0.444. The Morgan fingerprint density at radius 3 is 3.05 bits per heavy atom. The first kappa shape index (κ1) is 14.2. The lowest BCUT2D eigenvalue weighted by Crippen LogP contribution is -2.45. The van der Waals surface area contributed by atoms with Gasteiger partial charge >= 0.3 is 0 Å². The molecule has 2 heterocycles. The highest BCUT2D eigenvalue weighted by molar-refractivity contribution is 6.10. The number of benzene rings is 1. The summed E-state index contributed by atoms with van der Waals surface area (Å²) in [6.07, 6.45) is 7.68. The van der Waals surface area contributed by atoms with Crippen molar-refractivity contribution in [2.45, 2.75) is 32.6 Å². The number of hydrogen-bond donors (Lipinski definition) is 1. The zero-order valence-electron chi connectivity index (χ0n) is 12.6. The predicted octanol–water partition coefficient (Wildman–Crippen LogP) is 3.59. The number of rotatable bonds is 4. The molecule has 0 spiro atoms. The third kappa shape index (κ3) is 2.58. The maximum Gasteiger partial charge on any atom is 0.170 e. The highest BCUT2D eigenvalue weighted by Crippen LogP contribution is 2.36. The summed E-state index contributed by atoms with van der Waals surface area (Å²) in [6.45, 7) is 4.00. The van der Waals surface area contributed by atoms with Crippen LogP contribution in [-0.2, 0) is 0 Å². The largest absolute Gasteiger partial charge is 0.316 e. The number of piperidine rings is 1. The monoisotopic (exact) mass is 282 g/mol. The lowest BCUT2D eigenvalue weighted by Gasteiger charge is -2.36. The molecule has 1 aliphatic heterocycles. The molecule has 1 aromatic carbocycles. The lowest BCUT2D eigenvalue weighted by molar-refractivity contribution is 0.0720. The van der Waals surface area contributed by atoms with E-state index in [-0.39, 0.29) is 5.41 Å². The molecule has 0 bridgehead atoms. The summed E-state index contributed by atoms with van der Waals surface area (Å²) in [4.78, 5) is 17.4. The van der Waals surface area contributed by atoms with Crippen LogP contribution in [0.1, 0.15) is 43.0 Å². The number of fused-ring (bicyclic) bond motifs is 1. The second kappa shape index (κ2) is 5.94. The molecule has 2 aromatic rings. The molecule has 1 fully saturated rings. The first-order valence-electron chi connectivity index (χ1n) is 7.85. The molecule has 3 heteroatoms. The lowest BCUT2D eigenvalue weighted by atomic mass is 9.71. The van der Waals surface area contributed by atoms with Crippen molar-refractivity contribution in [3.63, 3.8) is 0 Å². The van der Waals surface area contributed by atoms with Crippen molar-refractivity contribution in [1.82, 2.24) is 10.3 Å². The van der Waals surface area contributed by atoms with E-state index >= 15 is 0 Å². The molecule has 0 amide bonds. The summed E-state index contributed by atoms with van der Waals surface area (Å²) in [5.74, 6) is 0.299. The summed E-state index contributed by atoms with van der Waals surface area (Å²) in [7, 11) is 0. The van der Waals surface area contributed by atoms with E-state index in [0.29, 0.717) is 5.78 Å². The zero-order chi connectivity index (χ0) is 14.7. The van der Waals surface area contributed by atoms with Gasteiger partial charge in [-0.1, -0.05) is 31.5 Å². The molecule has 1 saturated heterocycles. The Bertz CT molecular complexity index is 634. The van der Waals surface area contributed by atoms with Crippen molar-refractivity contribution >= 4 is 16.6 Å². The van der Waals surface area contributed by atoms with E-state index in [4.69, 9.17) is 0 Å². The molecule has 3 rings (SSSR count). The average molecular weight is 282 g/mol. The second-order valence-corrected chi connectivity index (χ2v) is 6.04. The Labute approximate surface area is 125 Å². The summed E-state index contributed by atoms with van der Waals surface area (Å²) in [5, 5.41) is 5.49. The molecule has 0 radical (unpaired) electrons. The Hall–Kier alpha value is -1.74. The first-order valence-corrected chi connectivity index (χ1v) is 7.85. The SMILES string of the molecule is CCCC1(C(=O)c2cccc3cnccc23)CCCNC1. The minimum atomic E-state index is -0.232. The van der Waals surface area contributed by atoms with Gasteiger partial charge in [-0.3, -0.25) is 9.78 Å². The standard InChI is InChI=1S/C18H22N2O/c1-2-8-18(9-4-10-20-13-18)17(21)16-6-3-5-14-12-19-11-7-15(14)16/h3,5-7,11-12,20H,2,4,8-10,13H2,1H3. The van der Waals surface area contributed by atoms with Crippen molar-refractivity contribution in [2.75, 3.05) is 13.1 Å². The summed E-state index contributed by atoms with van der Waals surface area (Å²) in [6, 6.07) is 7.91. The van der Waals surface area contributed by atoms with Gasteiger partial charge in [0.1, 0.15) is 0 Å². The number of carbonyl (C=O) groups excluding carboxylic acids is 1. The van der Waals surface area contributed by atoms with Gasteiger partial charge in [0.05, 0.1) is 0 Å². The van der Waals surface area contributed by atoms with Gasteiger partial charge in [0.2, 0.25) is 0 Å². The van der Waals surface area contributed by atoms with Crippen LogP contribution in [0.4, 0.5) is 0 Å². The minimum absolute atomic E-state index is 0.232. The molecule has 0 aliphatic carbocycles. The van der Waals surface area contributed by atoms with Gasteiger partial charge in [0, 0.05) is 35.3 Å². The van der Waals surface area contributed by atoms with Gasteiger partial charge in [-0.2, -0.15) is 0 Å². The van der Waals surface area contributed by atoms with Crippen LogP contribution in [0.3, 0.4) is 0 Å². The van der Waals surface area contributed by atoms with Gasteiger partial charge in [-0.25, -0.2) is 0 Å². The Balaban J connectivity index is 2.06. The van der Waals surface area contributed by atoms with Crippen LogP contribution in [0, 0.1) is 5.41 Å². The highest BCUT2D eigenvalue weighted by atomic mass is 16.1. The Morgan fingerprint density at radius 2 is 2.29 bits per heavy atom. The zero-order valence-corrected chi connectivity index (χ0v) is 12.6. The van der Waals surface area contributed by atoms with Gasteiger partial charge in [0.25, 0.3) is 0 Å². The summed E-state index contributed by atoms with van der Waals surface area (Å²) in [5.41, 5.74) is 0.622. The number of hydrogen-bond acceptors (Lipinski definition) is 3. The molecule has 1 N–H and O–H groups in total. The molecule has 0 saturated carbocycles. The average Bonchev–Trinajstić information content (AvgIpc) is 2.55. The molecule has 1 aromatic heterocycles. The highest BCUT2D eigenvalue weighted by Gasteiger charge is 2.39. The number of nitrogens with one attached hydrogen (secondary N) is 1. The van der Waals surface area contributed by atoms with E-state index in [1.165, 1.54) is 0 Å². The normalized spacial score (nSPS) is 22.3. The van der Waals surface area contributed by atoms with Crippen molar-refractivity contribution in [1.29, 1.82) is 0 Å². The van der Waals surface area contributed by atoms with E-state index < -0.39 is 0 Å². The van der Waals surface area contributed by atoms with E-state index in [9.17, 15) is 4.79 Å². The molecule has 3 nitrogen and oxygen atoms in total. The number of carbonyl (C=O) groups is 1. The van der Waals surface area contributed by atoms with E-state index in [0.717, 1.165) is 55.1 Å². The van der Waals surface area contributed by atoms with E-state index in [1.807, 2.05) is 30.5 Å². The number of Topliss-reactive ketones (excluding diaryl/α,β-unsaturated/α-hetero) is 1. The van der Waals surface area contributed by atoms with Crippen LogP contribution >= 0.6 is 0 Å². The summed E-state index contributed by atoms with van der Waals surface area (Å²) >= 11 is 0. The molecule has 21 heavy (non-hydrogen) atoms. The third-order valence-electron chi connectivity index (χ3n) is 4.61. The number of aromatic nitrogens is 1. The van der Waals surface area contributed by atoms with Crippen LogP contribution in [-0.4, -0.2) is 23.9 Å². The maximum atomic E-state index is 13.3. The van der Waals surface area contributed by atoms with E-state index in [2.05, 4.69) is 17.2 Å². The number of nitrogens with zero attached hydrogens (tertiary/aromatic N) is 1. The van der Waals surface area contributed by atoms with Crippen LogP contribution in [0.15, 0.2) is 36.7 Å². The van der Waals surface area contributed by atoms with Crippen molar-refractivity contribution in [2.24, 2.45) is 5.41 Å². The van der Waals surface area contributed by atoms with Gasteiger partial charge in [0.15, 0.2) is 5.78 Å². The van der Waals surface area contributed by atoms with Gasteiger partial charge in [-0.15, -0.1) is 0 Å². The van der Waals surface area contributed by atoms with Gasteiger partial charge < -0.3 is 5.32 Å². The second-order valence-electron chi connectivity index (χ2n) is 6.04. The quantitative estimate of drug-likeness (QED) is 0.871. The minimum Gasteiger partial charge on any atom is -0.316 e. The Kier molecular flexibility index (Phi) is 4.02. The molecular weight excluding hydrogens is 260 g/mol. The van der Waals surface area contributed by atoms with Crippen molar-refractivity contribution < 1.29 is 4.79 Å². The third-order valence-corrected chi connectivity index (χ3v) is 4.61. The molecule has 1 unspecified atom stereocenters. The van der Waals surface area contributed by atoms with E-state index in [1.54, 1.807) is 6.20 Å². The smallest absolute Gasteiger partial charge is 0.170 e. The summed E-state index contributed by atoms with van der Waals surface area (Å²) < 4.78 is 0. The predicted molar refractivity (Wildman–Crippen MR) is 85.5 cm³/mol. The fourth-order valence-electron chi connectivity index (χ4n) is 3.57. The first-order chi connectivity index (χ1) is 10.3. The number of pyridine rings is 1. The molecule has 1 aliphatic rings. The van der Waals surface area contributed by atoms with Crippen LogP contribution in [0.2, 0.25) is 0 Å². The molecule has 1 atom stereocenters. The maximum absolute atomic E-state index is 13.3. The van der Waals surface area contributed by atoms with Gasteiger partial charge in [-0.05, 0) is 37.3 Å².